The summed E-state index contributed by atoms with van der Waals surface area (Å²) in [5.74, 6) is 0.882. The Bertz CT molecular complexity index is 692. The van der Waals surface area contributed by atoms with Crippen LogP contribution in [-0.4, -0.2) is 47.9 Å². The van der Waals surface area contributed by atoms with Crippen molar-refractivity contribution in [2.24, 2.45) is 17.3 Å². The van der Waals surface area contributed by atoms with Crippen LogP contribution in [0.3, 0.4) is 0 Å². The van der Waals surface area contributed by atoms with Gasteiger partial charge in [0, 0.05) is 25.2 Å². The van der Waals surface area contributed by atoms with Gasteiger partial charge in [-0.15, -0.1) is 24.8 Å². The van der Waals surface area contributed by atoms with Gasteiger partial charge in [0.05, 0.1) is 5.92 Å². The average molecular weight is 429 g/mol. The van der Waals surface area contributed by atoms with Crippen LogP contribution in [0.15, 0.2) is 18.3 Å². The SMILES string of the molecule is Cc1ccc(NC(=O)C2CCCN(C(=O)C3CC34CCNCC4)C2)nc1.Cl.Cl. The molecule has 3 aliphatic rings. The molecular formula is C20H30Cl2N4O2. The van der Waals surface area contributed by atoms with Gasteiger partial charge in [-0.2, -0.15) is 0 Å². The topological polar surface area (TPSA) is 74.3 Å². The van der Waals surface area contributed by atoms with Crippen molar-refractivity contribution in [3.8, 4) is 0 Å². The number of aryl methyl sites for hydroxylation is 1. The largest absolute Gasteiger partial charge is 0.342 e. The minimum atomic E-state index is -0.140. The third kappa shape index (κ3) is 4.78. The van der Waals surface area contributed by atoms with Crippen molar-refractivity contribution in [2.75, 3.05) is 31.5 Å². The molecule has 1 aliphatic carbocycles. The predicted octanol–water partition coefficient (Wildman–Crippen LogP) is 2.80. The number of hydrogen-bond donors (Lipinski definition) is 2. The maximum atomic E-state index is 13.0. The monoisotopic (exact) mass is 428 g/mol. The summed E-state index contributed by atoms with van der Waals surface area (Å²) in [7, 11) is 0. The summed E-state index contributed by atoms with van der Waals surface area (Å²) in [5, 5.41) is 6.29. The average Bonchev–Trinajstić information content (AvgIpc) is 3.36. The van der Waals surface area contributed by atoms with E-state index in [1.807, 2.05) is 24.0 Å². The Labute approximate surface area is 179 Å². The Balaban J connectivity index is 0.00000140. The second kappa shape index (κ2) is 9.42. The second-order valence-corrected chi connectivity index (χ2v) is 8.20. The van der Waals surface area contributed by atoms with Gasteiger partial charge in [-0.25, -0.2) is 4.98 Å². The lowest BCUT2D eigenvalue weighted by Crippen LogP contribution is -2.45. The van der Waals surface area contributed by atoms with Gasteiger partial charge in [-0.05, 0) is 69.2 Å². The number of halogens is 2. The highest BCUT2D eigenvalue weighted by atomic mass is 35.5. The lowest BCUT2D eigenvalue weighted by atomic mass is 9.91. The lowest BCUT2D eigenvalue weighted by Gasteiger charge is -2.33. The van der Waals surface area contributed by atoms with Gasteiger partial charge in [0.1, 0.15) is 5.82 Å². The number of carbonyl (C=O) groups is 2. The van der Waals surface area contributed by atoms with Gasteiger partial charge in [0.25, 0.3) is 0 Å². The number of amides is 2. The first kappa shape index (κ1) is 22.9. The van der Waals surface area contributed by atoms with Crippen LogP contribution in [0.2, 0.25) is 0 Å². The number of nitrogens with zero attached hydrogens (tertiary/aromatic N) is 2. The van der Waals surface area contributed by atoms with E-state index in [9.17, 15) is 9.59 Å². The molecule has 8 heteroatoms. The molecule has 1 spiro atoms. The van der Waals surface area contributed by atoms with E-state index in [-0.39, 0.29) is 53.9 Å². The first-order valence-electron chi connectivity index (χ1n) is 9.80. The number of nitrogens with one attached hydrogen (secondary N) is 2. The Morgan fingerprint density at radius 3 is 2.68 bits per heavy atom. The third-order valence-electron chi connectivity index (χ3n) is 6.35. The Hall–Kier alpha value is -1.37. The van der Waals surface area contributed by atoms with Gasteiger partial charge in [0.2, 0.25) is 11.8 Å². The smallest absolute Gasteiger partial charge is 0.230 e. The number of anilines is 1. The van der Waals surface area contributed by atoms with E-state index in [1.165, 1.54) is 0 Å². The number of carbonyl (C=O) groups excluding carboxylic acids is 2. The maximum Gasteiger partial charge on any atom is 0.230 e. The summed E-state index contributed by atoms with van der Waals surface area (Å²) in [6.45, 7) is 5.35. The van der Waals surface area contributed by atoms with E-state index in [0.29, 0.717) is 12.4 Å². The Morgan fingerprint density at radius 2 is 2.00 bits per heavy atom. The molecule has 1 aromatic rings. The van der Waals surface area contributed by atoms with E-state index in [4.69, 9.17) is 0 Å². The molecule has 3 fully saturated rings. The molecule has 2 atom stereocenters. The maximum absolute atomic E-state index is 13.0. The predicted molar refractivity (Wildman–Crippen MR) is 114 cm³/mol. The van der Waals surface area contributed by atoms with Crippen LogP contribution in [0.4, 0.5) is 5.82 Å². The molecule has 0 bridgehead atoms. The fraction of sp³-hybridized carbons (Fsp3) is 0.650. The first-order chi connectivity index (χ1) is 12.6. The normalized spacial score (nSPS) is 25.2. The molecule has 2 unspecified atom stereocenters. The highest BCUT2D eigenvalue weighted by molar-refractivity contribution is 5.92. The third-order valence-corrected chi connectivity index (χ3v) is 6.35. The van der Waals surface area contributed by atoms with Gasteiger partial charge >= 0.3 is 0 Å². The van der Waals surface area contributed by atoms with E-state index >= 15 is 0 Å². The summed E-state index contributed by atoms with van der Waals surface area (Å²) < 4.78 is 0. The number of piperidine rings is 2. The zero-order chi connectivity index (χ0) is 18.1. The van der Waals surface area contributed by atoms with Gasteiger partial charge < -0.3 is 15.5 Å². The van der Waals surface area contributed by atoms with Crippen molar-refractivity contribution in [2.45, 2.75) is 39.0 Å². The standard InChI is InChI=1S/C20H28N4O2.2ClH/c1-14-4-5-17(22-12-14)23-18(25)15-3-2-10-24(13-15)19(26)16-11-20(16)6-8-21-9-7-20;;/h4-5,12,15-16,21H,2-3,6-11,13H2,1H3,(H,22,23,25);2*1H. The molecule has 2 amide bonds. The summed E-state index contributed by atoms with van der Waals surface area (Å²) >= 11 is 0. The molecule has 28 heavy (non-hydrogen) atoms. The van der Waals surface area contributed by atoms with Crippen molar-refractivity contribution in [1.82, 2.24) is 15.2 Å². The van der Waals surface area contributed by atoms with Crippen LogP contribution in [0.1, 0.15) is 37.7 Å². The summed E-state index contributed by atoms with van der Waals surface area (Å²) in [4.78, 5) is 31.7. The second-order valence-electron chi connectivity index (χ2n) is 8.20. The van der Waals surface area contributed by atoms with Crippen LogP contribution in [0.25, 0.3) is 0 Å². The molecule has 2 saturated heterocycles. The molecule has 2 aliphatic heterocycles. The van der Waals surface area contributed by atoms with E-state index in [1.54, 1.807) is 6.20 Å². The molecular weight excluding hydrogens is 399 g/mol. The summed E-state index contributed by atoms with van der Waals surface area (Å²) in [6, 6.07) is 3.76. The molecule has 3 heterocycles. The van der Waals surface area contributed by atoms with Crippen molar-refractivity contribution < 1.29 is 9.59 Å². The zero-order valence-corrected chi connectivity index (χ0v) is 17.9. The molecule has 6 nitrogen and oxygen atoms in total. The number of rotatable bonds is 3. The molecule has 156 valence electrons. The van der Waals surface area contributed by atoms with Gasteiger partial charge in [-0.1, -0.05) is 6.07 Å². The fourth-order valence-corrected chi connectivity index (χ4v) is 4.56. The minimum absolute atomic E-state index is 0. The number of pyridine rings is 1. The van der Waals surface area contributed by atoms with Gasteiger partial charge in [-0.3, -0.25) is 9.59 Å². The summed E-state index contributed by atoms with van der Waals surface area (Å²) in [6.07, 6.45) is 6.74. The highest BCUT2D eigenvalue weighted by Gasteiger charge is 2.58. The molecule has 1 saturated carbocycles. The molecule has 1 aromatic heterocycles. The first-order valence-corrected chi connectivity index (χ1v) is 9.80. The molecule has 0 aromatic carbocycles. The Kier molecular flexibility index (Phi) is 7.71. The lowest BCUT2D eigenvalue weighted by molar-refractivity contribution is -0.136. The quantitative estimate of drug-likeness (QED) is 0.775. The molecule has 0 radical (unpaired) electrons. The summed E-state index contributed by atoms with van der Waals surface area (Å²) in [5.41, 5.74) is 1.32. The number of aromatic nitrogens is 1. The van der Waals surface area contributed by atoms with Crippen molar-refractivity contribution >= 4 is 42.4 Å². The zero-order valence-electron chi connectivity index (χ0n) is 16.3. The van der Waals surface area contributed by atoms with E-state index in [2.05, 4.69) is 15.6 Å². The molecule has 4 rings (SSSR count). The highest BCUT2D eigenvalue weighted by Crippen LogP contribution is 2.59. The minimum Gasteiger partial charge on any atom is -0.342 e. The number of hydrogen-bond acceptors (Lipinski definition) is 4. The van der Waals surface area contributed by atoms with Crippen LogP contribution in [-0.2, 0) is 9.59 Å². The van der Waals surface area contributed by atoms with Crippen LogP contribution >= 0.6 is 24.8 Å². The van der Waals surface area contributed by atoms with Crippen molar-refractivity contribution in [1.29, 1.82) is 0 Å². The van der Waals surface area contributed by atoms with Gasteiger partial charge in [0.15, 0.2) is 0 Å². The van der Waals surface area contributed by atoms with Crippen LogP contribution in [0, 0.1) is 24.2 Å². The van der Waals surface area contributed by atoms with Crippen LogP contribution < -0.4 is 10.6 Å². The van der Waals surface area contributed by atoms with Crippen LogP contribution in [0.5, 0.6) is 0 Å². The molecule has 2 N–H and O–H groups in total. The van der Waals surface area contributed by atoms with Crippen molar-refractivity contribution in [3.63, 3.8) is 0 Å². The Morgan fingerprint density at radius 1 is 1.25 bits per heavy atom. The fourth-order valence-electron chi connectivity index (χ4n) is 4.56. The van der Waals surface area contributed by atoms with Crippen molar-refractivity contribution in [3.05, 3.63) is 23.9 Å². The van der Waals surface area contributed by atoms with E-state index in [0.717, 1.165) is 57.3 Å². The number of likely N-dealkylation sites (tertiary alicyclic amines) is 1. The van der Waals surface area contributed by atoms with E-state index < -0.39 is 0 Å².